The Kier molecular flexibility index (Phi) is 7.28. The Labute approximate surface area is 185 Å². The third-order valence-electron chi connectivity index (χ3n) is 7.43. The molecule has 6 nitrogen and oxygen atoms in total. The Bertz CT molecular complexity index is 779. The summed E-state index contributed by atoms with van der Waals surface area (Å²) in [7, 11) is 3.23. The van der Waals surface area contributed by atoms with Gasteiger partial charge < -0.3 is 19.3 Å². The molecule has 0 N–H and O–H groups in total. The van der Waals surface area contributed by atoms with Crippen molar-refractivity contribution in [3.63, 3.8) is 0 Å². The lowest BCUT2D eigenvalue weighted by Gasteiger charge is -2.34. The number of amides is 2. The van der Waals surface area contributed by atoms with Gasteiger partial charge in [0, 0.05) is 33.7 Å². The van der Waals surface area contributed by atoms with Gasteiger partial charge in [0.05, 0.1) is 6.04 Å². The zero-order valence-corrected chi connectivity index (χ0v) is 18.9. The fraction of sp³-hybridized carbons (Fsp3) is 0.680. The zero-order valence-electron chi connectivity index (χ0n) is 18.9. The van der Waals surface area contributed by atoms with Gasteiger partial charge in [-0.25, -0.2) is 0 Å². The second kappa shape index (κ2) is 10.1. The maximum atomic E-state index is 13.4. The minimum atomic E-state index is -0.411. The third-order valence-corrected chi connectivity index (χ3v) is 7.43. The second-order valence-electron chi connectivity index (χ2n) is 9.24. The number of fused-ring (bicyclic) bond motifs is 1. The summed E-state index contributed by atoms with van der Waals surface area (Å²) < 4.78 is 10.9. The van der Waals surface area contributed by atoms with E-state index in [2.05, 4.69) is 24.3 Å². The van der Waals surface area contributed by atoms with Crippen LogP contribution in [0.3, 0.4) is 0 Å². The number of hydrogen-bond donors (Lipinski definition) is 0. The van der Waals surface area contributed by atoms with E-state index in [-0.39, 0.29) is 23.9 Å². The normalized spacial score (nSPS) is 25.8. The van der Waals surface area contributed by atoms with Crippen LogP contribution in [0.15, 0.2) is 24.3 Å². The minimum Gasteiger partial charge on any atom is -0.354 e. The van der Waals surface area contributed by atoms with Crippen LogP contribution < -0.4 is 0 Å². The van der Waals surface area contributed by atoms with Crippen molar-refractivity contribution in [2.75, 3.05) is 27.3 Å². The molecular formula is C25H36N2O4. The molecule has 2 heterocycles. The fourth-order valence-electron chi connectivity index (χ4n) is 5.76. The summed E-state index contributed by atoms with van der Waals surface area (Å²) in [5.74, 6) is 0.766. The van der Waals surface area contributed by atoms with Gasteiger partial charge in [0.25, 0.3) is 0 Å². The van der Waals surface area contributed by atoms with E-state index in [1.54, 1.807) is 14.2 Å². The molecule has 2 saturated heterocycles. The molecule has 3 aliphatic rings. The molecule has 0 radical (unpaired) electrons. The molecule has 2 aliphatic heterocycles. The number of likely N-dealkylation sites (tertiary alicyclic amines) is 2. The van der Waals surface area contributed by atoms with E-state index in [0.717, 1.165) is 51.4 Å². The van der Waals surface area contributed by atoms with Gasteiger partial charge in [-0.2, -0.15) is 0 Å². The van der Waals surface area contributed by atoms with Crippen molar-refractivity contribution >= 4 is 11.8 Å². The molecule has 1 aliphatic carbocycles. The molecule has 1 aromatic rings. The molecule has 0 saturated carbocycles. The molecule has 4 rings (SSSR count). The summed E-state index contributed by atoms with van der Waals surface area (Å²) in [5, 5.41) is 0. The van der Waals surface area contributed by atoms with E-state index >= 15 is 0 Å². The van der Waals surface area contributed by atoms with E-state index in [4.69, 9.17) is 9.47 Å². The number of methoxy groups -OCH3 is 2. The minimum absolute atomic E-state index is 0.0673. The summed E-state index contributed by atoms with van der Waals surface area (Å²) in [5.41, 5.74) is 2.90. The number of carbonyl (C=O) groups excluding carboxylic acids is 2. The standard InChI is InChI=1S/C25H36N2O4/c1-30-25(31-2)22-10-6-16-27(22)24(29)21-9-5-15-26(21)23(28)14-12-18-11-13-19-7-3-4-8-20(19)17-18/h3-4,7-8,18,21-22,25H,5-6,9-17H2,1-2H3/t18-,21+,22+/m1/s1. The SMILES string of the molecule is COC(OC)[C@@H]1CCCN1C(=O)[C@@H]1CCCN1C(=O)CC[C@H]1CCc2ccccc2C1. The Morgan fingerprint density at radius 3 is 2.48 bits per heavy atom. The van der Waals surface area contributed by atoms with Crippen LogP contribution in [0.2, 0.25) is 0 Å². The predicted molar refractivity (Wildman–Crippen MR) is 118 cm³/mol. The second-order valence-corrected chi connectivity index (χ2v) is 9.24. The lowest BCUT2D eigenvalue weighted by Crippen LogP contribution is -2.52. The number of nitrogens with zero attached hydrogens (tertiary/aromatic N) is 2. The molecule has 2 fully saturated rings. The largest absolute Gasteiger partial charge is 0.354 e. The van der Waals surface area contributed by atoms with Crippen LogP contribution in [-0.2, 0) is 31.9 Å². The first-order chi connectivity index (χ1) is 15.1. The number of aryl methyl sites for hydroxylation is 1. The van der Waals surface area contributed by atoms with Crippen LogP contribution in [0, 0.1) is 5.92 Å². The average Bonchev–Trinajstić information content (AvgIpc) is 3.48. The van der Waals surface area contributed by atoms with Gasteiger partial charge in [0.1, 0.15) is 6.04 Å². The zero-order chi connectivity index (χ0) is 21.8. The van der Waals surface area contributed by atoms with Crippen LogP contribution in [-0.4, -0.2) is 67.3 Å². The maximum absolute atomic E-state index is 13.4. The van der Waals surface area contributed by atoms with Crippen LogP contribution in [0.25, 0.3) is 0 Å². The van der Waals surface area contributed by atoms with Crippen molar-refractivity contribution in [2.45, 2.75) is 76.2 Å². The number of carbonyl (C=O) groups is 2. The number of hydrogen-bond acceptors (Lipinski definition) is 4. The molecule has 170 valence electrons. The van der Waals surface area contributed by atoms with Gasteiger partial charge in [0.2, 0.25) is 11.8 Å². The highest BCUT2D eigenvalue weighted by molar-refractivity contribution is 5.88. The molecule has 0 unspecified atom stereocenters. The first-order valence-corrected chi connectivity index (χ1v) is 11.8. The van der Waals surface area contributed by atoms with Crippen molar-refractivity contribution in [3.05, 3.63) is 35.4 Å². The van der Waals surface area contributed by atoms with Gasteiger partial charge >= 0.3 is 0 Å². The summed E-state index contributed by atoms with van der Waals surface area (Å²) in [6.07, 6.45) is 7.84. The Morgan fingerprint density at radius 1 is 1.00 bits per heavy atom. The number of benzene rings is 1. The van der Waals surface area contributed by atoms with E-state index in [1.807, 2.05) is 9.80 Å². The Hall–Kier alpha value is -1.92. The van der Waals surface area contributed by atoms with Crippen LogP contribution in [0.1, 0.15) is 56.1 Å². The average molecular weight is 429 g/mol. The highest BCUT2D eigenvalue weighted by Crippen LogP contribution is 2.30. The molecule has 31 heavy (non-hydrogen) atoms. The molecule has 6 heteroatoms. The highest BCUT2D eigenvalue weighted by Gasteiger charge is 2.42. The molecule has 0 bridgehead atoms. The summed E-state index contributed by atoms with van der Waals surface area (Å²) >= 11 is 0. The van der Waals surface area contributed by atoms with Crippen molar-refractivity contribution in [1.82, 2.24) is 9.80 Å². The van der Waals surface area contributed by atoms with Crippen molar-refractivity contribution < 1.29 is 19.1 Å². The van der Waals surface area contributed by atoms with Gasteiger partial charge in [-0.15, -0.1) is 0 Å². The number of rotatable bonds is 7. The molecule has 0 aromatic heterocycles. The van der Waals surface area contributed by atoms with E-state index < -0.39 is 6.29 Å². The molecule has 1 aromatic carbocycles. The molecule has 2 amide bonds. The van der Waals surface area contributed by atoms with Crippen molar-refractivity contribution in [3.8, 4) is 0 Å². The van der Waals surface area contributed by atoms with Gasteiger partial charge in [-0.3, -0.25) is 9.59 Å². The molecular weight excluding hydrogens is 392 g/mol. The van der Waals surface area contributed by atoms with Crippen molar-refractivity contribution in [2.24, 2.45) is 5.92 Å². The van der Waals surface area contributed by atoms with E-state index in [9.17, 15) is 9.59 Å². The number of ether oxygens (including phenoxy) is 2. The predicted octanol–water partition coefficient (Wildman–Crippen LogP) is 3.17. The molecule has 3 atom stereocenters. The van der Waals surface area contributed by atoms with Crippen LogP contribution in [0.4, 0.5) is 0 Å². The van der Waals surface area contributed by atoms with Crippen LogP contribution >= 0.6 is 0 Å². The Balaban J connectivity index is 1.34. The monoisotopic (exact) mass is 428 g/mol. The highest BCUT2D eigenvalue weighted by atomic mass is 16.7. The summed E-state index contributed by atoms with van der Waals surface area (Å²) in [4.78, 5) is 30.2. The first-order valence-electron chi connectivity index (χ1n) is 11.8. The lowest BCUT2D eigenvalue weighted by molar-refractivity contribution is -0.161. The fourth-order valence-corrected chi connectivity index (χ4v) is 5.76. The lowest BCUT2D eigenvalue weighted by atomic mass is 9.81. The van der Waals surface area contributed by atoms with Crippen molar-refractivity contribution in [1.29, 1.82) is 0 Å². The van der Waals surface area contributed by atoms with Gasteiger partial charge in [-0.1, -0.05) is 24.3 Å². The maximum Gasteiger partial charge on any atom is 0.245 e. The van der Waals surface area contributed by atoms with E-state index in [1.165, 1.54) is 11.1 Å². The topological polar surface area (TPSA) is 59.1 Å². The van der Waals surface area contributed by atoms with E-state index in [0.29, 0.717) is 25.4 Å². The quantitative estimate of drug-likeness (QED) is 0.626. The van der Waals surface area contributed by atoms with Gasteiger partial charge in [-0.05, 0) is 68.4 Å². The summed E-state index contributed by atoms with van der Waals surface area (Å²) in [6, 6.07) is 8.27. The third kappa shape index (κ3) is 4.80. The van der Waals surface area contributed by atoms with Crippen LogP contribution in [0.5, 0.6) is 0 Å². The molecule has 0 spiro atoms. The Morgan fingerprint density at radius 2 is 1.71 bits per heavy atom. The van der Waals surface area contributed by atoms with Gasteiger partial charge in [0.15, 0.2) is 6.29 Å². The first kappa shape index (κ1) is 22.3. The summed E-state index contributed by atoms with van der Waals surface area (Å²) in [6.45, 7) is 1.41. The smallest absolute Gasteiger partial charge is 0.245 e.